The van der Waals surface area contributed by atoms with Crippen molar-refractivity contribution in [2.24, 2.45) is 0 Å². The summed E-state index contributed by atoms with van der Waals surface area (Å²) in [7, 11) is 0. The number of hydrogen-bond acceptors (Lipinski definition) is 3. The Kier molecular flexibility index (Phi) is 7.41. The van der Waals surface area contributed by atoms with Crippen LogP contribution in [-0.2, 0) is 11.3 Å². The zero-order valence-electron chi connectivity index (χ0n) is 11.9. The summed E-state index contributed by atoms with van der Waals surface area (Å²) in [6.45, 7) is 4.94. The number of ether oxygens (including phenoxy) is 1. The highest BCUT2D eigenvalue weighted by atomic mass is 35.5. The lowest BCUT2D eigenvalue weighted by atomic mass is 10.1. The van der Waals surface area contributed by atoms with E-state index in [0.29, 0.717) is 6.61 Å². The van der Waals surface area contributed by atoms with E-state index in [9.17, 15) is 4.79 Å². The number of benzene rings is 1. The van der Waals surface area contributed by atoms with Gasteiger partial charge in [0, 0.05) is 25.7 Å². The maximum atomic E-state index is 12.1. The molecule has 2 rings (SSSR count). The molecule has 1 atom stereocenters. The van der Waals surface area contributed by atoms with Gasteiger partial charge in [-0.2, -0.15) is 0 Å². The van der Waals surface area contributed by atoms with Crippen molar-refractivity contribution < 1.29 is 9.53 Å². The SMILES string of the molecule is CCCC1CNCCN1C(=O)OCc1ccccc1.Cl. The third kappa shape index (κ3) is 4.69. The van der Waals surface area contributed by atoms with Crippen molar-refractivity contribution in [2.45, 2.75) is 32.4 Å². The molecule has 0 aliphatic carbocycles. The molecule has 1 unspecified atom stereocenters. The molecule has 1 aromatic rings. The average molecular weight is 299 g/mol. The van der Waals surface area contributed by atoms with E-state index in [1.165, 1.54) is 0 Å². The second kappa shape index (κ2) is 8.82. The number of hydrogen-bond donors (Lipinski definition) is 1. The van der Waals surface area contributed by atoms with Crippen LogP contribution in [-0.4, -0.2) is 36.7 Å². The lowest BCUT2D eigenvalue weighted by Crippen LogP contribution is -2.53. The predicted molar refractivity (Wildman–Crippen MR) is 82.1 cm³/mol. The molecular formula is C15H23ClN2O2. The van der Waals surface area contributed by atoms with Gasteiger partial charge in [-0.15, -0.1) is 12.4 Å². The van der Waals surface area contributed by atoms with Gasteiger partial charge in [0.25, 0.3) is 0 Å². The fourth-order valence-electron chi connectivity index (χ4n) is 2.39. The molecule has 0 spiro atoms. The van der Waals surface area contributed by atoms with Gasteiger partial charge in [-0.25, -0.2) is 4.79 Å². The third-order valence-electron chi connectivity index (χ3n) is 3.41. The van der Waals surface area contributed by atoms with Crippen LogP contribution in [0.4, 0.5) is 4.79 Å². The second-order valence-corrected chi connectivity index (χ2v) is 4.88. The molecule has 4 nitrogen and oxygen atoms in total. The van der Waals surface area contributed by atoms with Crippen molar-refractivity contribution in [2.75, 3.05) is 19.6 Å². The molecule has 1 heterocycles. The molecule has 1 N–H and O–H groups in total. The van der Waals surface area contributed by atoms with E-state index < -0.39 is 0 Å². The quantitative estimate of drug-likeness (QED) is 0.929. The lowest BCUT2D eigenvalue weighted by molar-refractivity contribution is 0.0701. The van der Waals surface area contributed by atoms with Crippen LogP contribution in [0.15, 0.2) is 30.3 Å². The van der Waals surface area contributed by atoms with Gasteiger partial charge in [0.05, 0.1) is 0 Å². The zero-order chi connectivity index (χ0) is 13.5. The average Bonchev–Trinajstić information content (AvgIpc) is 2.47. The summed E-state index contributed by atoms with van der Waals surface area (Å²) in [5.41, 5.74) is 1.03. The van der Waals surface area contributed by atoms with Gasteiger partial charge >= 0.3 is 6.09 Å². The fourth-order valence-corrected chi connectivity index (χ4v) is 2.39. The maximum Gasteiger partial charge on any atom is 0.410 e. The summed E-state index contributed by atoms with van der Waals surface area (Å²) in [6, 6.07) is 10.1. The Balaban J connectivity index is 0.00000200. The third-order valence-corrected chi connectivity index (χ3v) is 3.41. The highest BCUT2D eigenvalue weighted by Crippen LogP contribution is 2.12. The number of carbonyl (C=O) groups is 1. The van der Waals surface area contributed by atoms with Crippen molar-refractivity contribution in [3.05, 3.63) is 35.9 Å². The zero-order valence-corrected chi connectivity index (χ0v) is 12.7. The molecule has 0 saturated carbocycles. The maximum absolute atomic E-state index is 12.1. The first-order chi connectivity index (χ1) is 9.31. The largest absolute Gasteiger partial charge is 0.445 e. The Morgan fingerprint density at radius 1 is 1.40 bits per heavy atom. The van der Waals surface area contributed by atoms with Crippen molar-refractivity contribution in [3.8, 4) is 0 Å². The van der Waals surface area contributed by atoms with Crippen molar-refractivity contribution in [1.29, 1.82) is 0 Å². The van der Waals surface area contributed by atoms with Gasteiger partial charge in [-0.1, -0.05) is 43.7 Å². The first kappa shape index (κ1) is 16.8. The molecule has 0 aromatic heterocycles. The molecule has 0 radical (unpaired) electrons. The first-order valence-corrected chi connectivity index (χ1v) is 6.99. The number of carbonyl (C=O) groups excluding carboxylic acids is 1. The van der Waals surface area contributed by atoms with Crippen LogP contribution in [0.1, 0.15) is 25.3 Å². The smallest absolute Gasteiger partial charge is 0.410 e. The number of amides is 1. The number of rotatable bonds is 4. The Bertz CT molecular complexity index is 398. The number of halogens is 1. The Morgan fingerprint density at radius 2 is 2.15 bits per heavy atom. The summed E-state index contributed by atoms with van der Waals surface area (Å²) >= 11 is 0. The van der Waals surface area contributed by atoms with E-state index in [0.717, 1.165) is 38.0 Å². The van der Waals surface area contributed by atoms with Crippen LogP contribution in [0.2, 0.25) is 0 Å². The molecule has 0 bridgehead atoms. The molecule has 1 aliphatic rings. The van der Waals surface area contributed by atoms with Gasteiger partial charge in [0.15, 0.2) is 0 Å². The predicted octanol–water partition coefficient (Wildman–Crippen LogP) is 2.82. The molecule has 5 heteroatoms. The van der Waals surface area contributed by atoms with Crippen molar-refractivity contribution >= 4 is 18.5 Å². The van der Waals surface area contributed by atoms with E-state index in [1.807, 2.05) is 35.2 Å². The molecule has 1 saturated heterocycles. The fraction of sp³-hybridized carbons (Fsp3) is 0.533. The molecular weight excluding hydrogens is 276 g/mol. The van der Waals surface area contributed by atoms with Crippen LogP contribution in [0, 0.1) is 0 Å². The highest BCUT2D eigenvalue weighted by molar-refractivity contribution is 5.85. The molecule has 20 heavy (non-hydrogen) atoms. The summed E-state index contributed by atoms with van der Waals surface area (Å²) in [5.74, 6) is 0. The van der Waals surface area contributed by atoms with E-state index in [-0.39, 0.29) is 24.5 Å². The van der Waals surface area contributed by atoms with Gasteiger partial charge in [0.2, 0.25) is 0 Å². The van der Waals surface area contributed by atoms with E-state index in [1.54, 1.807) is 0 Å². The number of piperazine rings is 1. The normalized spacial score (nSPS) is 18.2. The van der Waals surface area contributed by atoms with Crippen molar-refractivity contribution in [3.63, 3.8) is 0 Å². The minimum atomic E-state index is -0.191. The topological polar surface area (TPSA) is 41.6 Å². The van der Waals surface area contributed by atoms with Crippen LogP contribution < -0.4 is 5.32 Å². The molecule has 1 aromatic carbocycles. The summed E-state index contributed by atoms with van der Waals surface area (Å²) in [4.78, 5) is 14.0. The summed E-state index contributed by atoms with van der Waals surface area (Å²) < 4.78 is 5.40. The monoisotopic (exact) mass is 298 g/mol. The van der Waals surface area contributed by atoms with Gasteiger partial charge < -0.3 is 15.0 Å². The van der Waals surface area contributed by atoms with E-state index in [4.69, 9.17) is 4.74 Å². The Labute approximate surface area is 126 Å². The molecule has 1 aliphatic heterocycles. The summed E-state index contributed by atoms with van der Waals surface area (Å²) in [5, 5.41) is 3.33. The van der Waals surface area contributed by atoms with Crippen LogP contribution in [0.25, 0.3) is 0 Å². The number of nitrogens with zero attached hydrogens (tertiary/aromatic N) is 1. The number of nitrogens with one attached hydrogen (secondary N) is 1. The minimum absolute atomic E-state index is 0. The Morgan fingerprint density at radius 3 is 2.85 bits per heavy atom. The molecule has 1 fully saturated rings. The molecule has 112 valence electrons. The standard InChI is InChI=1S/C15H22N2O2.ClH/c1-2-6-14-11-16-9-10-17(14)15(18)19-12-13-7-4-3-5-8-13;/h3-5,7-8,14,16H,2,6,9-12H2,1H3;1H. The second-order valence-electron chi connectivity index (χ2n) is 4.88. The van der Waals surface area contributed by atoms with E-state index in [2.05, 4.69) is 12.2 Å². The van der Waals surface area contributed by atoms with Crippen LogP contribution in [0.5, 0.6) is 0 Å². The van der Waals surface area contributed by atoms with Crippen LogP contribution >= 0.6 is 12.4 Å². The van der Waals surface area contributed by atoms with Crippen LogP contribution in [0.3, 0.4) is 0 Å². The Hall–Kier alpha value is -1.26. The molecule has 1 amide bonds. The van der Waals surface area contributed by atoms with E-state index >= 15 is 0 Å². The lowest BCUT2D eigenvalue weighted by Gasteiger charge is -2.35. The summed E-state index contributed by atoms with van der Waals surface area (Å²) in [6.07, 6.45) is 1.91. The van der Waals surface area contributed by atoms with Gasteiger partial charge in [-0.05, 0) is 12.0 Å². The van der Waals surface area contributed by atoms with Gasteiger partial charge in [-0.3, -0.25) is 0 Å². The van der Waals surface area contributed by atoms with Gasteiger partial charge in [0.1, 0.15) is 6.61 Å². The first-order valence-electron chi connectivity index (χ1n) is 6.99. The van der Waals surface area contributed by atoms with Crippen molar-refractivity contribution in [1.82, 2.24) is 10.2 Å². The minimum Gasteiger partial charge on any atom is -0.445 e. The highest BCUT2D eigenvalue weighted by Gasteiger charge is 2.26.